The molecule has 2 heterocycles. The van der Waals surface area contributed by atoms with Crippen molar-refractivity contribution in [2.24, 2.45) is 5.73 Å². The van der Waals surface area contributed by atoms with Gasteiger partial charge < -0.3 is 47.0 Å². The van der Waals surface area contributed by atoms with Crippen molar-refractivity contribution < 1.29 is 113 Å². The molecule has 2 aliphatic rings. The second kappa shape index (κ2) is 70.9. The van der Waals surface area contributed by atoms with Crippen molar-refractivity contribution in [2.75, 3.05) is 46.1 Å². The third-order valence-corrected chi connectivity index (χ3v) is 23.1. The standard InChI is InChI=1S/C27H23NO2.C19H21N.C19H20O.C14H18O2.C11H12O.C9H11BrO.C8H9I.C8H5NO2.C5H8O.C2H6O.K.H2N2.H2O.H2/c1-19-8-5-9-20(2)23(19)16-15-22-11-6-10-21(18-22)12-7-17-28-26(29)24-13-3-4-14-25(24)27(28)30;2*1-15-6-3-7-16(2)19(15)12-11-18-9-4-8-17(14-18)10-5-13-20;1-14(2,16)9-8-13-6-3-5-12(11-13)7-4-10-15;1-2-10-5-3-6-11(9-10)7-4-8-12;10-9-5-1-3-8(7-9)4-2-6-11;1-6-4-3-5-7(2)8(6)9;10-7-5-3-1-2-4-6(5)8(11)9-7;1-4-5(2,3)6;1-2-3;;1-2;;/h3-6,8-11,13-14,18H,7,12,17H2,1-2H3;3-4,6-9,14H,5,10,13,20H2,1-2H3;3-4,6-9,14,20H,5,10,13H2,1-2H3;3,5-6,11,15-16H,4,7,10H2,1-2H3;1,3,5-6,9,12H,4,7-8H2;1,3,5,7,11H,2,4,6H2;3-5H,1-2H3;1-4H,(H,9,10,11);1,6H,2-3H3;3H,2H2,1H3;;1-2H;1H2;1H/q;;;;;;;;;;+1;;;/p-1. The summed E-state index contributed by atoms with van der Waals surface area (Å²) in [4.78, 5) is 48.2. The number of aryl methyl sites for hydroxylation is 14. The van der Waals surface area contributed by atoms with E-state index in [0.29, 0.717) is 28.8 Å². The fraction of sp³-hybridized carbons (Fsp3) is 0.279. The average molecular weight is 2110 g/mol. The molecular formula is C122H138BrIKN5O12. The normalized spacial score (nSPS) is 10.6. The van der Waals surface area contributed by atoms with Crippen molar-refractivity contribution in [3.63, 3.8) is 0 Å². The minimum Gasteiger partial charge on any atom is -0.870 e. The maximum Gasteiger partial charge on any atom is 1.00 e. The number of carbonyl (C=O) groups is 4. The van der Waals surface area contributed by atoms with Gasteiger partial charge in [0.15, 0.2) is 0 Å². The monoisotopic (exact) mass is 2110 g/mol. The van der Waals surface area contributed by atoms with Crippen molar-refractivity contribution in [1.82, 2.24) is 10.2 Å². The van der Waals surface area contributed by atoms with Crippen molar-refractivity contribution in [2.45, 2.75) is 178 Å². The minimum absolute atomic E-state index is 0. The number of hydrogen-bond acceptors (Lipinski definition) is 15. The van der Waals surface area contributed by atoms with Gasteiger partial charge in [0, 0.05) is 93.6 Å². The zero-order valence-electron chi connectivity index (χ0n) is 84.5. The number of benzene rings is 12. The molecule has 738 valence electrons. The Morgan fingerprint density at radius 2 is 0.641 bits per heavy atom. The zero-order chi connectivity index (χ0) is 103. The fourth-order valence-electron chi connectivity index (χ4n) is 13.6. The van der Waals surface area contributed by atoms with Gasteiger partial charge in [0.1, 0.15) is 11.2 Å². The summed E-state index contributed by atoms with van der Waals surface area (Å²) >= 11 is 5.76. The van der Waals surface area contributed by atoms with E-state index in [9.17, 15) is 24.3 Å². The number of nitrogens with two attached hydrogens (primary N) is 1. The minimum atomic E-state index is -0.957. The van der Waals surface area contributed by atoms with E-state index in [1.54, 1.807) is 83.1 Å². The van der Waals surface area contributed by atoms with Crippen molar-refractivity contribution in [3.05, 3.63) is 420 Å². The molecule has 0 radical (unpaired) electrons. The smallest absolute Gasteiger partial charge is 0.870 e. The number of amides is 4. The molecule has 0 fully saturated rings. The fourth-order valence-corrected chi connectivity index (χ4v) is 14.4. The number of aliphatic hydroxyl groups is 7. The van der Waals surface area contributed by atoms with Crippen LogP contribution in [0.4, 0.5) is 0 Å². The van der Waals surface area contributed by atoms with Gasteiger partial charge >= 0.3 is 51.4 Å². The van der Waals surface area contributed by atoms with E-state index in [4.69, 9.17) is 60.3 Å². The van der Waals surface area contributed by atoms with Crippen LogP contribution < -0.4 is 62.4 Å². The Kier molecular flexibility index (Phi) is 63.1. The van der Waals surface area contributed by atoms with Gasteiger partial charge in [-0.25, -0.2) is 11.1 Å². The summed E-state index contributed by atoms with van der Waals surface area (Å²) in [5, 5.41) is 62.7. The molecule has 142 heavy (non-hydrogen) atoms. The van der Waals surface area contributed by atoms with Crippen LogP contribution in [0.1, 0.15) is 238 Å². The van der Waals surface area contributed by atoms with Gasteiger partial charge in [0.25, 0.3) is 23.6 Å². The largest absolute Gasteiger partial charge is 1.00 e. The van der Waals surface area contributed by atoms with Crippen molar-refractivity contribution in [1.29, 1.82) is 11.1 Å². The molecule has 0 bridgehead atoms. The van der Waals surface area contributed by atoms with E-state index in [1.165, 1.54) is 75.2 Å². The maximum absolute atomic E-state index is 12.5. The van der Waals surface area contributed by atoms with E-state index in [2.05, 4.69) is 286 Å². The number of terminal acetylenes is 2. The van der Waals surface area contributed by atoms with Gasteiger partial charge in [-0.1, -0.05) is 245 Å². The molecule has 14 rings (SSSR count). The molecule has 2 aliphatic heterocycles. The molecule has 0 atom stereocenters. The van der Waals surface area contributed by atoms with E-state index >= 15 is 0 Å². The molecule has 4 amide bonds. The Bertz CT molecular complexity index is 6080. The summed E-state index contributed by atoms with van der Waals surface area (Å²) in [7, 11) is 0. The SMILES string of the molecule is C#CC(C)(C)O.C#Cc1cccc(CCCO)c1.CC(C)(O)C#Cc1cccc(CCCO)c1.CCO.Cc1cccc(C)c1C#Cc1cccc(CCCN)c1.Cc1cccc(C)c1C#Cc1cccc(CCCN2C(=O)c3ccccc3C2=O)c1.Cc1cccc(C)c1C#Cc1cccc(CCCO)c1.Cc1cccc(C)c1I.N=N.O=C1NC(=O)c2ccccc21.OCCCc1cccc(Br)c1.[HH].[K+].[OH-]. The van der Waals surface area contributed by atoms with Gasteiger partial charge in [-0.3, -0.25) is 29.4 Å². The van der Waals surface area contributed by atoms with Crippen LogP contribution in [-0.2, 0) is 38.5 Å². The quantitative estimate of drug-likeness (QED) is 0.0118. The van der Waals surface area contributed by atoms with Gasteiger partial charge in [0.05, 0.1) is 22.3 Å². The molecule has 0 saturated heterocycles. The summed E-state index contributed by atoms with van der Waals surface area (Å²) in [5.74, 6) is 29.2. The molecule has 12 aromatic rings. The summed E-state index contributed by atoms with van der Waals surface area (Å²) in [6, 6.07) is 87.6. The second-order valence-corrected chi connectivity index (χ2v) is 35.8. The summed E-state index contributed by atoms with van der Waals surface area (Å²) in [6.07, 6.45) is 20.4. The van der Waals surface area contributed by atoms with Crippen molar-refractivity contribution >= 4 is 62.1 Å². The molecule has 20 heteroatoms. The first-order valence-corrected chi connectivity index (χ1v) is 48.5. The van der Waals surface area contributed by atoms with Crippen LogP contribution in [-0.4, -0.2) is 127 Å². The first-order chi connectivity index (χ1) is 67.1. The van der Waals surface area contributed by atoms with E-state index in [1.807, 2.05) is 91.0 Å². The topological polar surface area (TPSA) is 329 Å². The molecule has 0 spiro atoms. The number of carbonyl (C=O) groups excluding carboxylic acids is 4. The molecule has 12 aromatic carbocycles. The van der Waals surface area contributed by atoms with Crippen LogP contribution in [0, 0.1) is 142 Å². The Hall–Kier alpha value is -11.6. The number of nitrogens with one attached hydrogen (secondary N) is 3. The van der Waals surface area contributed by atoms with Gasteiger partial charge in [-0.2, -0.15) is 0 Å². The summed E-state index contributed by atoms with van der Waals surface area (Å²) in [6.45, 7) is 27.3. The Labute approximate surface area is 909 Å². The van der Waals surface area contributed by atoms with E-state index in [0.717, 1.165) is 144 Å². The first-order valence-electron chi connectivity index (χ1n) is 46.6. The van der Waals surface area contributed by atoms with Crippen LogP contribution in [0.25, 0.3) is 0 Å². The summed E-state index contributed by atoms with van der Waals surface area (Å²) < 4.78 is 2.49. The third kappa shape index (κ3) is 48.9. The van der Waals surface area contributed by atoms with Gasteiger partial charge in [0.2, 0.25) is 0 Å². The van der Waals surface area contributed by atoms with Crippen LogP contribution >= 0.6 is 38.5 Å². The zero-order valence-corrected chi connectivity index (χ0v) is 91.4. The number of imide groups is 2. The van der Waals surface area contributed by atoms with Crippen LogP contribution in [0.15, 0.2) is 271 Å². The average Bonchev–Trinajstić information content (AvgIpc) is 1.61. The van der Waals surface area contributed by atoms with Gasteiger partial charge in [-0.05, 0) is 371 Å². The van der Waals surface area contributed by atoms with Crippen molar-refractivity contribution in [3.8, 4) is 72.1 Å². The number of nitrogens with zero attached hydrogens (tertiary/aromatic N) is 1. The number of rotatable bonds is 19. The molecule has 0 aromatic heterocycles. The predicted molar refractivity (Wildman–Crippen MR) is 587 cm³/mol. The molecule has 0 saturated carbocycles. The molecule has 13 N–H and O–H groups in total. The van der Waals surface area contributed by atoms with Crippen LogP contribution in [0.5, 0.6) is 0 Å². The number of aliphatic hydroxyl groups excluding tert-OH is 5. The van der Waals surface area contributed by atoms with Crippen LogP contribution in [0.3, 0.4) is 0 Å². The molecule has 0 aliphatic carbocycles. The predicted octanol–water partition coefficient (Wildman–Crippen LogP) is 19.4. The maximum atomic E-state index is 12.5. The molecular weight excluding hydrogens is 1970 g/mol. The van der Waals surface area contributed by atoms with E-state index in [-0.39, 0.29) is 115 Å². The Balaban J connectivity index is 0.000000823. The third-order valence-electron chi connectivity index (χ3n) is 20.9. The van der Waals surface area contributed by atoms with Crippen LogP contribution in [0.2, 0.25) is 0 Å². The number of hydrogen-bond donors (Lipinski definition) is 11. The second-order valence-electron chi connectivity index (χ2n) is 33.8. The Morgan fingerprint density at radius 3 is 0.923 bits per heavy atom. The number of halogens is 2. The molecule has 17 nitrogen and oxygen atoms in total. The van der Waals surface area contributed by atoms with E-state index < -0.39 is 11.2 Å². The van der Waals surface area contributed by atoms with Gasteiger partial charge in [-0.15, -0.1) is 12.8 Å². The Morgan fingerprint density at radius 1 is 0.380 bits per heavy atom. The molecule has 0 unspecified atom stereocenters. The summed E-state index contributed by atoms with van der Waals surface area (Å²) in [5.41, 5.74) is 41.2. The number of fused-ring (bicyclic) bond motifs is 2. The first kappa shape index (κ1) is 126.